The van der Waals surface area contributed by atoms with Crippen LogP contribution in [0.3, 0.4) is 0 Å². The molecule has 0 fully saturated rings. The minimum atomic E-state index is -4.88. The molecule has 0 spiro atoms. The third-order valence-electron chi connectivity index (χ3n) is 4.82. The molecule has 0 aliphatic heterocycles. The maximum Gasteiger partial charge on any atom is 0.425 e. The second kappa shape index (κ2) is 8.77. The molecule has 1 amide bonds. The number of amides is 1. The van der Waals surface area contributed by atoms with Gasteiger partial charge in [0.1, 0.15) is 34.6 Å². The number of nitrogens with zero attached hydrogens (tertiary/aromatic N) is 4. The zero-order valence-corrected chi connectivity index (χ0v) is 17.5. The molecule has 0 saturated carbocycles. The average Bonchev–Trinajstić information content (AvgIpc) is 3.13. The van der Waals surface area contributed by atoms with Gasteiger partial charge in [-0.25, -0.2) is 22.4 Å². The van der Waals surface area contributed by atoms with Crippen LogP contribution in [-0.2, 0) is 0 Å². The fourth-order valence-electron chi connectivity index (χ4n) is 3.03. The van der Waals surface area contributed by atoms with Crippen molar-refractivity contribution in [3.63, 3.8) is 0 Å². The Morgan fingerprint density at radius 1 is 1.11 bits per heavy atom. The molecule has 0 saturated heterocycles. The van der Waals surface area contributed by atoms with Crippen LogP contribution in [-0.4, -0.2) is 37.4 Å². The number of rotatable bonds is 5. The maximum absolute atomic E-state index is 15.0. The van der Waals surface area contributed by atoms with Gasteiger partial charge in [-0.05, 0) is 25.1 Å². The predicted molar refractivity (Wildman–Crippen MR) is 109 cm³/mol. The first kappa shape index (κ1) is 23.8. The molecule has 0 bridgehead atoms. The Morgan fingerprint density at radius 3 is 2.43 bits per heavy atom. The van der Waals surface area contributed by atoms with Gasteiger partial charge in [0.25, 0.3) is 5.91 Å². The van der Waals surface area contributed by atoms with E-state index in [4.69, 9.17) is 4.74 Å². The lowest BCUT2D eigenvalue weighted by atomic mass is 10.1. The summed E-state index contributed by atoms with van der Waals surface area (Å²) in [6.07, 6.45) is -3.69. The first-order valence-electron chi connectivity index (χ1n) is 9.71. The summed E-state index contributed by atoms with van der Waals surface area (Å²) >= 11 is 0. The fraction of sp³-hybridized carbons (Fsp3) is 0.143. The van der Waals surface area contributed by atoms with Crippen LogP contribution in [0.5, 0.6) is 5.75 Å². The summed E-state index contributed by atoms with van der Waals surface area (Å²) in [7, 11) is 0. The molecule has 182 valence electrons. The topological polar surface area (TPSA) is 90.5 Å². The minimum absolute atomic E-state index is 0.000115. The highest BCUT2D eigenvalue weighted by molar-refractivity contribution is 6.06. The van der Waals surface area contributed by atoms with Crippen LogP contribution in [0.15, 0.2) is 53.7 Å². The Morgan fingerprint density at radius 2 is 1.80 bits per heavy atom. The van der Waals surface area contributed by atoms with E-state index in [-0.39, 0.29) is 5.65 Å². The summed E-state index contributed by atoms with van der Waals surface area (Å²) < 4.78 is 88.7. The number of halogens is 6. The lowest BCUT2D eigenvalue weighted by molar-refractivity contribution is -0.189. The Balaban J connectivity index is 1.84. The number of aromatic nitrogens is 4. The lowest BCUT2D eigenvalue weighted by Crippen LogP contribution is -2.32. The summed E-state index contributed by atoms with van der Waals surface area (Å²) in [5.41, 5.74) is -3.25. The molecule has 0 aliphatic carbocycles. The molecule has 4 aromatic rings. The van der Waals surface area contributed by atoms with E-state index in [9.17, 15) is 31.5 Å². The zero-order valence-electron chi connectivity index (χ0n) is 17.5. The van der Waals surface area contributed by atoms with Crippen molar-refractivity contribution >= 4 is 17.2 Å². The number of fused-ring (bicyclic) bond motifs is 1. The highest BCUT2D eigenvalue weighted by Gasteiger charge is 2.39. The Kier molecular flexibility index (Phi) is 5.96. The number of hydrogen-bond donors (Lipinski definition) is 1. The van der Waals surface area contributed by atoms with E-state index < -0.39 is 64.0 Å². The summed E-state index contributed by atoms with van der Waals surface area (Å²) in [6, 6.07) is 3.81. The van der Waals surface area contributed by atoms with Crippen molar-refractivity contribution in [3.05, 3.63) is 82.4 Å². The summed E-state index contributed by atoms with van der Waals surface area (Å²) in [4.78, 5) is 29.1. The quantitative estimate of drug-likeness (QED) is 0.423. The molecule has 0 unspecified atom stereocenters. The maximum atomic E-state index is 15.0. The zero-order chi connectivity index (χ0) is 25.5. The van der Waals surface area contributed by atoms with Gasteiger partial charge >= 0.3 is 11.9 Å². The SMILES string of the molecule is C[C@H](Oc1cc(-n2nc3cnccn3c2=O)c(F)cc1C(=O)Nc1c(F)cccc1F)C(F)(F)F. The van der Waals surface area contributed by atoms with E-state index in [1.165, 1.54) is 18.6 Å². The van der Waals surface area contributed by atoms with Crippen molar-refractivity contribution in [1.82, 2.24) is 19.2 Å². The normalized spacial score (nSPS) is 12.5. The Labute approximate surface area is 191 Å². The molecular weight excluding hydrogens is 484 g/mol. The molecule has 2 aromatic heterocycles. The van der Waals surface area contributed by atoms with Crippen molar-refractivity contribution in [1.29, 1.82) is 0 Å². The summed E-state index contributed by atoms with van der Waals surface area (Å²) in [5, 5.41) is 5.72. The molecule has 14 heteroatoms. The smallest absolute Gasteiger partial charge is 0.425 e. The van der Waals surface area contributed by atoms with E-state index >= 15 is 4.39 Å². The number of carbonyl (C=O) groups excluding carboxylic acids is 1. The monoisotopic (exact) mass is 497 g/mol. The van der Waals surface area contributed by atoms with E-state index in [1.807, 2.05) is 5.32 Å². The van der Waals surface area contributed by atoms with Gasteiger partial charge in [-0.2, -0.15) is 17.9 Å². The van der Waals surface area contributed by atoms with Gasteiger partial charge in [0.2, 0.25) is 0 Å². The van der Waals surface area contributed by atoms with E-state index in [1.54, 1.807) is 0 Å². The Bertz CT molecular complexity index is 1480. The number of ether oxygens (including phenoxy) is 1. The number of hydrogen-bond acceptors (Lipinski definition) is 5. The number of nitrogens with one attached hydrogen (secondary N) is 1. The van der Waals surface area contributed by atoms with Gasteiger partial charge in [0.15, 0.2) is 11.8 Å². The van der Waals surface area contributed by atoms with Crippen LogP contribution in [0.25, 0.3) is 11.3 Å². The molecule has 0 aliphatic rings. The van der Waals surface area contributed by atoms with Gasteiger partial charge in [0.05, 0.1) is 11.8 Å². The molecule has 8 nitrogen and oxygen atoms in total. The third kappa shape index (κ3) is 4.54. The molecular formula is C21H13F6N5O3. The Hall–Kier alpha value is -4.36. The minimum Gasteiger partial charge on any atom is -0.480 e. The van der Waals surface area contributed by atoms with Crippen molar-refractivity contribution in [2.45, 2.75) is 19.2 Å². The molecule has 0 radical (unpaired) electrons. The number of anilines is 1. The van der Waals surface area contributed by atoms with Crippen molar-refractivity contribution in [2.75, 3.05) is 5.32 Å². The summed E-state index contributed by atoms with van der Waals surface area (Å²) in [6.45, 7) is 0.629. The van der Waals surface area contributed by atoms with Crippen LogP contribution in [0, 0.1) is 17.5 Å². The molecule has 35 heavy (non-hydrogen) atoms. The third-order valence-corrected chi connectivity index (χ3v) is 4.82. The van der Waals surface area contributed by atoms with Crippen LogP contribution in [0.2, 0.25) is 0 Å². The van der Waals surface area contributed by atoms with Crippen LogP contribution >= 0.6 is 0 Å². The van der Waals surface area contributed by atoms with Gasteiger partial charge in [0, 0.05) is 18.5 Å². The van der Waals surface area contributed by atoms with Gasteiger partial charge < -0.3 is 10.1 Å². The van der Waals surface area contributed by atoms with Gasteiger partial charge in [-0.15, -0.1) is 5.10 Å². The largest absolute Gasteiger partial charge is 0.480 e. The van der Waals surface area contributed by atoms with Gasteiger partial charge in [-0.1, -0.05) is 6.07 Å². The van der Waals surface area contributed by atoms with Crippen LogP contribution in [0.4, 0.5) is 32.0 Å². The molecule has 2 aromatic carbocycles. The summed E-state index contributed by atoms with van der Waals surface area (Å²) in [5.74, 6) is -5.79. The first-order valence-corrected chi connectivity index (χ1v) is 9.71. The first-order chi connectivity index (χ1) is 16.5. The van der Waals surface area contributed by atoms with Crippen molar-refractivity contribution in [3.8, 4) is 11.4 Å². The highest BCUT2D eigenvalue weighted by Crippen LogP contribution is 2.31. The highest BCUT2D eigenvalue weighted by atomic mass is 19.4. The van der Waals surface area contributed by atoms with Crippen LogP contribution in [0.1, 0.15) is 17.3 Å². The molecule has 1 atom stereocenters. The number of alkyl halides is 3. The van der Waals surface area contributed by atoms with Crippen molar-refractivity contribution < 1.29 is 35.9 Å². The second-order valence-electron chi connectivity index (χ2n) is 7.15. The average molecular weight is 497 g/mol. The predicted octanol–water partition coefficient (Wildman–Crippen LogP) is 3.88. The van der Waals surface area contributed by atoms with E-state index in [0.29, 0.717) is 23.7 Å². The number of benzene rings is 2. The number of para-hydroxylation sites is 1. The van der Waals surface area contributed by atoms with E-state index in [2.05, 4.69) is 10.1 Å². The van der Waals surface area contributed by atoms with Crippen molar-refractivity contribution in [2.24, 2.45) is 0 Å². The fourth-order valence-corrected chi connectivity index (χ4v) is 3.03. The lowest BCUT2D eigenvalue weighted by Gasteiger charge is -2.20. The van der Waals surface area contributed by atoms with Gasteiger partial charge in [-0.3, -0.25) is 9.78 Å². The molecule has 1 N–H and O–H groups in total. The number of carbonyl (C=O) groups is 1. The molecule has 4 rings (SSSR count). The van der Waals surface area contributed by atoms with Crippen LogP contribution < -0.4 is 15.7 Å². The molecule has 2 heterocycles. The second-order valence-corrected chi connectivity index (χ2v) is 7.15. The van der Waals surface area contributed by atoms with E-state index in [0.717, 1.165) is 22.6 Å². The standard InChI is InChI=1S/C21H13F6N5O3/c1-10(21(25,26)27)35-16-8-15(32-20(34)31-6-5-28-9-17(31)30-32)14(24)7-11(16)19(33)29-18-12(22)3-2-4-13(18)23/h2-10H,1H3,(H,29,33)/t10-/m0/s1.